The lowest BCUT2D eigenvalue weighted by atomic mass is 10.1. The average molecular weight is 377 g/mol. The zero-order chi connectivity index (χ0) is 14.9. The van der Waals surface area contributed by atoms with Gasteiger partial charge in [0.25, 0.3) is 0 Å². The second kappa shape index (κ2) is 6.60. The molecule has 0 bridgehead atoms. The van der Waals surface area contributed by atoms with Crippen LogP contribution in [0.1, 0.15) is 49.0 Å². The molecule has 0 aliphatic carbocycles. The topological polar surface area (TPSA) is 29.9 Å². The third kappa shape index (κ3) is 3.11. The number of rotatable bonds is 5. The highest BCUT2D eigenvalue weighted by molar-refractivity contribution is 9.11. The molecule has 0 saturated heterocycles. The van der Waals surface area contributed by atoms with Gasteiger partial charge in [0, 0.05) is 10.9 Å². The van der Waals surface area contributed by atoms with Gasteiger partial charge in [-0.1, -0.05) is 18.5 Å². The van der Waals surface area contributed by atoms with E-state index in [1.807, 2.05) is 4.68 Å². The second-order valence-electron chi connectivity index (χ2n) is 5.01. The first-order valence-corrected chi connectivity index (χ1v) is 8.66. The fourth-order valence-electron chi connectivity index (χ4n) is 2.19. The molecule has 2 heterocycles. The molecule has 20 heavy (non-hydrogen) atoms. The minimum Gasteiger partial charge on any atom is -0.305 e. The van der Waals surface area contributed by atoms with Crippen molar-refractivity contribution in [1.29, 1.82) is 0 Å². The summed E-state index contributed by atoms with van der Waals surface area (Å²) in [6.45, 7) is 9.32. The van der Waals surface area contributed by atoms with Crippen molar-refractivity contribution in [3.63, 3.8) is 0 Å². The molecule has 0 aliphatic rings. The van der Waals surface area contributed by atoms with Gasteiger partial charge in [-0.15, -0.1) is 11.3 Å². The van der Waals surface area contributed by atoms with Crippen LogP contribution in [0.2, 0.25) is 5.02 Å². The Morgan fingerprint density at radius 1 is 1.50 bits per heavy atom. The van der Waals surface area contributed by atoms with E-state index in [0.717, 1.165) is 12.2 Å². The SMILES string of the molecule is CCNC(c1cc(C)c(Br)s1)c1c(Cl)cnn1C(C)C. The highest BCUT2D eigenvalue weighted by atomic mass is 79.9. The monoisotopic (exact) mass is 375 g/mol. The number of halogens is 2. The predicted molar refractivity (Wildman–Crippen MR) is 89.9 cm³/mol. The van der Waals surface area contributed by atoms with Crippen molar-refractivity contribution in [2.24, 2.45) is 0 Å². The summed E-state index contributed by atoms with van der Waals surface area (Å²) in [4.78, 5) is 1.25. The van der Waals surface area contributed by atoms with E-state index in [1.54, 1.807) is 17.5 Å². The van der Waals surface area contributed by atoms with Crippen molar-refractivity contribution in [3.8, 4) is 0 Å². The lowest BCUT2D eigenvalue weighted by molar-refractivity contribution is 0.478. The van der Waals surface area contributed by atoms with Gasteiger partial charge in [-0.05, 0) is 54.9 Å². The number of hydrogen-bond acceptors (Lipinski definition) is 3. The number of hydrogen-bond donors (Lipinski definition) is 1. The minimum atomic E-state index is 0.0763. The molecule has 1 unspecified atom stereocenters. The molecule has 2 rings (SSSR count). The Morgan fingerprint density at radius 2 is 2.20 bits per heavy atom. The number of nitrogens with one attached hydrogen (secondary N) is 1. The van der Waals surface area contributed by atoms with E-state index < -0.39 is 0 Å². The fourth-order valence-corrected chi connectivity index (χ4v) is 4.08. The molecule has 2 aromatic rings. The molecular weight excluding hydrogens is 358 g/mol. The summed E-state index contributed by atoms with van der Waals surface area (Å²) in [5.41, 5.74) is 2.29. The molecule has 1 N–H and O–H groups in total. The van der Waals surface area contributed by atoms with Crippen LogP contribution < -0.4 is 5.32 Å². The number of thiophene rings is 1. The third-order valence-electron chi connectivity index (χ3n) is 3.12. The number of aryl methyl sites for hydroxylation is 1. The second-order valence-corrected chi connectivity index (χ2v) is 7.82. The first kappa shape index (κ1) is 16.0. The van der Waals surface area contributed by atoms with Crippen LogP contribution >= 0.6 is 38.9 Å². The lowest BCUT2D eigenvalue weighted by Gasteiger charge is -2.20. The maximum absolute atomic E-state index is 6.39. The van der Waals surface area contributed by atoms with Gasteiger partial charge in [0.15, 0.2) is 0 Å². The van der Waals surface area contributed by atoms with Crippen LogP contribution in [0.25, 0.3) is 0 Å². The van der Waals surface area contributed by atoms with Crippen molar-refractivity contribution in [2.45, 2.75) is 39.8 Å². The van der Waals surface area contributed by atoms with E-state index >= 15 is 0 Å². The summed E-state index contributed by atoms with van der Waals surface area (Å²) in [6.07, 6.45) is 1.73. The fraction of sp³-hybridized carbons (Fsp3) is 0.500. The third-order valence-corrected chi connectivity index (χ3v) is 5.61. The first-order valence-electron chi connectivity index (χ1n) is 6.67. The van der Waals surface area contributed by atoms with Gasteiger partial charge in [0.2, 0.25) is 0 Å². The molecule has 0 radical (unpaired) electrons. The molecular formula is C14H19BrClN3S. The van der Waals surface area contributed by atoms with E-state index in [2.05, 4.69) is 60.1 Å². The molecule has 0 aliphatic heterocycles. The van der Waals surface area contributed by atoms with Gasteiger partial charge in [0.1, 0.15) is 0 Å². The van der Waals surface area contributed by atoms with Crippen molar-refractivity contribution in [1.82, 2.24) is 15.1 Å². The van der Waals surface area contributed by atoms with Crippen LogP contribution in [-0.4, -0.2) is 16.3 Å². The van der Waals surface area contributed by atoms with Gasteiger partial charge >= 0.3 is 0 Å². The number of aromatic nitrogens is 2. The van der Waals surface area contributed by atoms with Crippen LogP contribution in [0.5, 0.6) is 0 Å². The van der Waals surface area contributed by atoms with E-state index in [4.69, 9.17) is 11.6 Å². The smallest absolute Gasteiger partial charge is 0.0857 e. The van der Waals surface area contributed by atoms with Crippen molar-refractivity contribution in [3.05, 3.63) is 37.2 Å². The van der Waals surface area contributed by atoms with Crippen molar-refractivity contribution >= 4 is 38.9 Å². The summed E-state index contributed by atoms with van der Waals surface area (Å²) >= 11 is 11.7. The lowest BCUT2D eigenvalue weighted by Crippen LogP contribution is -2.25. The van der Waals surface area contributed by atoms with Crippen LogP contribution in [0.15, 0.2) is 16.0 Å². The Labute approximate surface area is 137 Å². The summed E-state index contributed by atoms with van der Waals surface area (Å²) in [7, 11) is 0. The van der Waals surface area contributed by atoms with Crippen LogP contribution in [0.3, 0.4) is 0 Å². The van der Waals surface area contributed by atoms with Gasteiger partial charge in [-0.2, -0.15) is 5.10 Å². The molecule has 0 saturated carbocycles. The molecule has 6 heteroatoms. The van der Waals surface area contributed by atoms with E-state index in [9.17, 15) is 0 Å². The van der Waals surface area contributed by atoms with E-state index in [-0.39, 0.29) is 12.1 Å². The van der Waals surface area contributed by atoms with Crippen LogP contribution in [0, 0.1) is 6.92 Å². The highest BCUT2D eigenvalue weighted by Crippen LogP contribution is 2.37. The molecule has 110 valence electrons. The standard InChI is InChI=1S/C14H19BrClN3S/c1-5-17-12(11-6-9(4)14(15)20-11)13-10(16)7-18-19(13)8(2)3/h6-8,12,17H,5H2,1-4H3. The zero-order valence-corrected chi connectivity index (χ0v) is 15.2. The summed E-state index contributed by atoms with van der Waals surface area (Å²) in [5.74, 6) is 0. The Kier molecular flexibility index (Phi) is 5.29. The largest absolute Gasteiger partial charge is 0.305 e. The quantitative estimate of drug-likeness (QED) is 0.800. The maximum Gasteiger partial charge on any atom is 0.0857 e. The van der Waals surface area contributed by atoms with Gasteiger partial charge in [0.05, 0.1) is 26.7 Å². The molecule has 0 amide bonds. The van der Waals surface area contributed by atoms with Gasteiger partial charge in [-0.25, -0.2) is 0 Å². The van der Waals surface area contributed by atoms with E-state index in [0.29, 0.717) is 5.02 Å². The normalized spacial score (nSPS) is 13.2. The summed E-state index contributed by atoms with van der Waals surface area (Å²) < 4.78 is 3.17. The summed E-state index contributed by atoms with van der Waals surface area (Å²) in [6, 6.07) is 2.56. The maximum atomic E-state index is 6.39. The van der Waals surface area contributed by atoms with Crippen molar-refractivity contribution < 1.29 is 0 Å². The predicted octanol–water partition coefficient (Wildman–Crippen LogP) is 4.95. The van der Waals surface area contributed by atoms with E-state index in [1.165, 1.54) is 14.2 Å². The number of nitrogens with zero attached hydrogens (tertiary/aromatic N) is 2. The molecule has 0 fully saturated rings. The molecule has 0 aromatic carbocycles. The Bertz CT molecular complexity index is 572. The Hall–Kier alpha value is -0.360. The van der Waals surface area contributed by atoms with Crippen molar-refractivity contribution in [2.75, 3.05) is 6.54 Å². The molecule has 2 aromatic heterocycles. The minimum absolute atomic E-state index is 0.0763. The zero-order valence-electron chi connectivity index (χ0n) is 12.1. The molecule has 1 atom stereocenters. The highest BCUT2D eigenvalue weighted by Gasteiger charge is 2.24. The van der Waals surface area contributed by atoms with Gasteiger partial charge in [-0.3, -0.25) is 4.68 Å². The molecule has 3 nitrogen and oxygen atoms in total. The Morgan fingerprint density at radius 3 is 2.70 bits per heavy atom. The van der Waals surface area contributed by atoms with Gasteiger partial charge < -0.3 is 5.32 Å². The molecule has 0 spiro atoms. The Balaban J connectivity index is 2.51. The van der Waals surface area contributed by atoms with Crippen LogP contribution in [-0.2, 0) is 0 Å². The summed E-state index contributed by atoms with van der Waals surface area (Å²) in [5, 5.41) is 8.65. The van der Waals surface area contributed by atoms with Crippen LogP contribution in [0.4, 0.5) is 0 Å². The first-order chi connectivity index (χ1) is 9.45. The average Bonchev–Trinajstić information content (AvgIpc) is 2.91.